The van der Waals surface area contributed by atoms with E-state index >= 15 is 0 Å². The summed E-state index contributed by atoms with van der Waals surface area (Å²) in [5.41, 5.74) is 7.78. The quantitative estimate of drug-likeness (QED) is 0.899. The van der Waals surface area contributed by atoms with E-state index in [2.05, 4.69) is 0 Å². The maximum atomic E-state index is 11.3. The van der Waals surface area contributed by atoms with Gasteiger partial charge < -0.3 is 19.9 Å². The van der Waals surface area contributed by atoms with Crippen LogP contribution in [0.1, 0.15) is 32.4 Å². The molecule has 1 atom stereocenters. The number of benzene rings is 2. The van der Waals surface area contributed by atoms with E-state index in [9.17, 15) is 4.79 Å². The van der Waals surface area contributed by atoms with Gasteiger partial charge in [0.25, 0.3) is 0 Å². The predicted octanol–water partition coefficient (Wildman–Crippen LogP) is 4.31. The summed E-state index contributed by atoms with van der Waals surface area (Å²) in [6, 6.07) is 13.8. The van der Waals surface area contributed by atoms with Crippen LogP contribution < -0.4 is 15.2 Å². The molecule has 5 heteroatoms. The molecule has 1 aliphatic rings. The van der Waals surface area contributed by atoms with E-state index < -0.39 is 12.2 Å². The molecule has 0 saturated carbocycles. The fraction of sp³-hybridized carbons (Fsp3) is 0.350. The van der Waals surface area contributed by atoms with Crippen LogP contribution in [0.15, 0.2) is 42.5 Å². The minimum absolute atomic E-state index is 0.349. The Morgan fingerprint density at radius 1 is 1.24 bits per heavy atom. The molecule has 0 fully saturated rings. The maximum Gasteiger partial charge on any atom is 0.405 e. The van der Waals surface area contributed by atoms with Gasteiger partial charge in [0.05, 0.1) is 13.2 Å². The Hall–Kier alpha value is -2.69. The van der Waals surface area contributed by atoms with Gasteiger partial charge in [-0.25, -0.2) is 4.79 Å². The molecule has 0 aromatic heterocycles. The number of hydrogen-bond acceptors (Lipinski definition) is 4. The number of amides is 1. The van der Waals surface area contributed by atoms with E-state index in [4.69, 9.17) is 19.9 Å². The smallest absolute Gasteiger partial charge is 0.405 e. The zero-order valence-electron chi connectivity index (χ0n) is 14.7. The molecule has 2 aromatic rings. The fourth-order valence-electron chi connectivity index (χ4n) is 3.09. The zero-order chi connectivity index (χ0) is 18.0. The van der Waals surface area contributed by atoms with Crippen LogP contribution in [0.25, 0.3) is 11.1 Å². The second-order valence-electron chi connectivity index (χ2n) is 6.81. The lowest BCUT2D eigenvalue weighted by Crippen LogP contribution is -2.37. The van der Waals surface area contributed by atoms with Crippen molar-refractivity contribution >= 4 is 6.09 Å². The van der Waals surface area contributed by atoms with E-state index in [-0.39, 0.29) is 5.41 Å². The first-order chi connectivity index (χ1) is 11.9. The van der Waals surface area contributed by atoms with Gasteiger partial charge in [0.2, 0.25) is 0 Å². The summed E-state index contributed by atoms with van der Waals surface area (Å²) in [6.07, 6.45) is -1.21. The van der Waals surface area contributed by atoms with Crippen molar-refractivity contribution in [2.45, 2.75) is 26.9 Å². The van der Waals surface area contributed by atoms with Gasteiger partial charge in [0.1, 0.15) is 17.6 Å². The molecule has 25 heavy (non-hydrogen) atoms. The van der Waals surface area contributed by atoms with Crippen molar-refractivity contribution < 1.29 is 19.0 Å². The Morgan fingerprint density at radius 3 is 2.72 bits per heavy atom. The van der Waals surface area contributed by atoms with Gasteiger partial charge in [-0.1, -0.05) is 38.1 Å². The van der Waals surface area contributed by atoms with Crippen LogP contribution in [-0.2, 0) is 4.74 Å². The van der Waals surface area contributed by atoms with Crippen LogP contribution in [0.4, 0.5) is 4.79 Å². The molecule has 3 rings (SSSR count). The number of fused-ring (bicyclic) bond motifs is 1. The standard InChI is InChI=1S/C20H23NO4/c1-4-23-15-7-5-6-13(10-15)14-8-9-16-17(11-14)24-12-20(2,3)18(16)25-19(21)22/h5-11,18H,4,12H2,1-3H3,(H2,21,22). The van der Waals surface area contributed by atoms with Crippen LogP contribution in [-0.4, -0.2) is 19.3 Å². The molecular weight excluding hydrogens is 318 g/mol. The largest absolute Gasteiger partial charge is 0.494 e. The lowest BCUT2D eigenvalue weighted by molar-refractivity contribution is -0.0176. The van der Waals surface area contributed by atoms with Crippen molar-refractivity contribution in [1.82, 2.24) is 0 Å². The number of primary amides is 1. The lowest BCUT2D eigenvalue weighted by Gasteiger charge is -2.38. The van der Waals surface area contributed by atoms with E-state index in [0.717, 1.165) is 22.4 Å². The molecule has 1 heterocycles. The van der Waals surface area contributed by atoms with Crippen molar-refractivity contribution in [3.8, 4) is 22.6 Å². The minimum Gasteiger partial charge on any atom is -0.494 e. The van der Waals surface area contributed by atoms with Crippen LogP contribution in [0.3, 0.4) is 0 Å². The Bertz CT molecular complexity index is 785. The summed E-state index contributed by atoms with van der Waals surface area (Å²) in [4.78, 5) is 11.3. The second-order valence-corrected chi connectivity index (χ2v) is 6.81. The highest BCUT2D eigenvalue weighted by molar-refractivity contribution is 5.69. The molecule has 1 aliphatic heterocycles. The van der Waals surface area contributed by atoms with E-state index in [1.165, 1.54) is 0 Å². The third-order valence-electron chi connectivity index (χ3n) is 4.32. The molecule has 1 amide bonds. The summed E-state index contributed by atoms with van der Waals surface area (Å²) in [7, 11) is 0. The molecule has 2 N–H and O–H groups in total. The van der Waals surface area contributed by atoms with Crippen molar-refractivity contribution in [2.75, 3.05) is 13.2 Å². The van der Waals surface area contributed by atoms with Crippen molar-refractivity contribution in [1.29, 1.82) is 0 Å². The first kappa shape index (κ1) is 17.1. The lowest BCUT2D eigenvalue weighted by atomic mass is 9.80. The van der Waals surface area contributed by atoms with Crippen molar-refractivity contribution in [2.24, 2.45) is 11.1 Å². The number of carbonyl (C=O) groups is 1. The first-order valence-electron chi connectivity index (χ1n) is 8.37. The number of ether oxygens (including phenoxy) is 3. The summed E-state index contributed by atoms with van der Waals surface area (Å²) >= 11 is 0. The zero-order valence-corrected chi connectivity index (χ0v) is 14.7. The number of rotatable bonds is 4. The average molecular weight is 341 g/mol. The maximum absolute atomic E-state index is 11.3. The van der Waals surface area contributed by atoms with Gasteiger partial charge in [-0.05, 0) is 36.2 Å². The van der Waals surface area contributed by atoms with Crippen molar-refractivity contribution in [3.05, 3.63) is 48.0 Å². The van der Waals surface area contributed by atoms with Gasteiger partial charge in [-0.2, -0.15) is 0 Å². The molecule has 0 bridgehead atoms. The second kappa shape index (κ2) is 6.67. The highest BCUT2D eigenvalue weighted by atomic mass is 16.6. The molecule has 2 aromatic carbocycles. The first-order valence-corrected chi connectivity index (χ1v) is 8.37. The summed E-state index contributed by atoms with van der Waals surface area (Å²) in [5, 5.41) is 0. The highest BCUT2D eigenvalue weighted by Gasteiger charge is 2.40. The molecule has 5 nitrogen and oxygen atoms in total. The molecule has 132 valence electrons. The Morgan fingerprint density at radius 2 is 2.00 bits per heavy atom. The molecule has 0 spiro atoms. The SMILES string of the molecule is CCOc1cccc(-c2ccc3c(c2)OCC(C)(C)C3OC(N)=O)c1. The molecule has 0 aliphatic carbocycles. The average Bonchev–Trinajstić information content (AvgIpc) is 2.57. The third kappa shape index (κ3) is 3.55. The van der Waals surface area contributed by atoms with E-state index in [0.29, 0.717) is 19.0 Å². The van der Waals surface area contributed by atoms with Gasteiger partial charge in [0, 0.05) is 11.0 Å². The molecule has 0 radical (unpaired) electrons. The van der Waals surface area contributed by atoms with Crippen molar-refractivity contribution in [3.63, 3.8) is 0 Å². The summed E-state index contributed by atoms with van der Waals surface area (Å²) < 4.78 is 16.9. The topological polar surface area (TPSA) is 70.8 Å². The highest BCUT2D eigenvalue weighted by Crippen LogP contribution is 2.46. The molecule has 1 unspecified atom stereocenters. The minimum atomic E-state index is -0.778. The van der Waals surface area contributed by atoms with Crippen LogP contribution in [0, 0.1) is 5.41 Å². The normalized spacial score (nSPS) is 18.0. The number of nitrogens with two attached hydrogens (primary N) is 1. The van der Waals surface area contributed by atoms with Gasteiger partial charge in [-0.15, -0.1) is 0 Å². The van der Waals surface area contributed by atoms with Gasteiger partial charge >= 0.3 is 6.09 Å². The summed E-state index contributed by atoms with van der Waals surface area (Å²) in [6.45, 7) is 7.00. The molecule has 0 saturated heterocycles. The number of carbonyl (C=O) groups excluding carboxylic acids is 1. The van der Waals surface area contributed by atoms with Gasteiger partial charge in [-0.3, -0.25) is 0 Å². The van der Waals surface area contributed by atoms with E-state index in [1.807, 2.05) is 63.2 Å². The molecular formula is C20H23NO4. The number of hydrogen-bond donors (Lipinski definition) is 1. The predicted molar refractivity (Wildman–Crippen MR) is 95.7 cm³/mol. The third-order valence-corrected chi connectivity index (χ3v) is 4.32. The van der Waals surface area contributed by atoms with Crippen LogP contribution >= 0.6 is 0 Å². The van der Waals surface area contributed by atoms with Gasteiger partial charge in [0.15, 0.2) is 0 Å². The monoisotopic (exact) mass is 341 g/mol. The Labute approximate surface area is 147 Å². The van der Waals surface area contributed by atoms with E-state index in [1.54, 1.807) is 0 Å². The summed E-state index contributed by atoms with van der Waals surface area (Å²) in [5.74, 6) is 1.54. The fourth-order valence-corrected chi connectivity index (χ4v) is 3.09. The Balaban J connectivity index is 1.97. The Kier molecular flexibility index (Phi) is 4.57. The van der Waals surface area contributed by atoms with Crippen LogP contribution in [0.2, 0.25) is 0 Å². The van der Waals surface area contributed by atoms with Crippen LogP contribution in [0.5, 0.6) is 11.5 Å².